The van der Waals surface area contributed by atoms with E-state index in [0.29, 0.717) is 12.4 Å². The van der Waals surface area contributed by atoms with Crippen molar-refractivity contribution in [2.24, 2.45) is 0 Å². The predicted molar refractivity (Wildman–Crippen MR) is 120 cm³/mol. The van der Waals surface area contributed by atoms with Gasteiger partial charge in [0, 0.05) is 17.6 Å². The van der Waals surface area contributed by atoms with Crippen molar-refractivity contribution in [3.63, 3.8) is 0 Å². The number of aryl methyl sites for hydroxylation is 2. The first-order valence-corrected chi connectivity index (χ1v) is 9.96. The lowest BCUT2D eigenvalue weighted by molar-refractivity contribution is -0.119. The van der Waals surface area contributed by atoms with Crippen LogP contribution in [-0.4, -0.2) is 30.1 Å². The Bertz CT molecular complexity index is 1040. The number of nitrogens with zero attached hydrogens (tertiary/aromatic N) is 1. The number of pyridine rings is 1. The molecule has 0 fully saturated rings. The number of rotatable bonds is 8. The molecular formula is C24H25N3O4. The van der Waals surface area contributed by atoms with Crippen LogP contribution < -0.4 is 15.4 Å². The molecule has 0 aliphatic carbocycles. The fraction of sp³-hybridized carbons (Fsp3) is 0.208. The van der Waals surface area contributed by atoms with Gasteiger partial charge in [0.15, 0.2) is 6.61 Å². The van der Waals surface area contributed by atoms with Crippen LogP contribution >= 0.6 is 0 Å². The lowest BCUT2D eigenvalue weighted by atomic mass is 10.1. The van der Waals surface area contributed by atoms with Crippen LogP contribution in [0.5, 0.6) is 5.75 Å². The molecule has 0 spiro atoms. The zero-order valence-corrected chi connectivity index (χ0v) is 17.8. The van der Waals surface area contributed by atoms with Crippen LogP contribution in [-0.2, 0) is 9.53 Å². The summed E-state index contributed by atoms with van der Waals surface area (Å²) in [5, 5.41) is 5.89. The van der Waals surface area contributed by atoms with Crippen LogP contribution in [0.2, 0.25) is 0 Å². The summed E-state index contributed by atoms with van der Waals surface area (Å²) in [5.41, 5.74) is 3.57. The third kappa shape index (κ3) is 5.82. The molecule has 0 saturated heterocycles. The molecule has 7 nitrogen and oxygen atoms in total. The number of hydrogen-bond donors (Lipinski definition) is 2. The number of benzene rings is 2. The molecule has 1 aromatic heterocycles. The van der Waals surface area contributed by atoms with Crippen LogP contribution in [0.4, 0.5) is 17.2 Å². The summed E-state index contributed by atoms with van der Waals surface area (Å²) in [4.78, 5) is 29.1. The molecule has 0 atom stereocenters. The quantitative estimate of drug-likeness (QED) is 0.517. The molecule has 0 aliphatic rings. The van der Waals surface area contributed by atoms with Gasteiger partial charge in [-0.1, -0.05) is 18.2 Å². The van der Waals surface area contributed by atoms with Gasteiger partial charge in [0.05, 0.1) is 6.61 Å². The van der Waals surface area contributed by atoms with Crippen LogP contribution in [0.3, 0.4) is 0 Å². The highest BCUT2D eigenvalue weighted by molar-refractivity contribution is 5.98. The van der Waals surface area contributed by atoms with E-state index in [-0.39, 0.29) is 5.56 Å². The number of carbonyl (C=O) groups is 2. The van der Waals surface area contributed by atoms with Gasteiger partial charge < -0.3 is 20.1 Å². The van der Waals surface area contributed by atoms with Crippen LogP contribution in [0.15, 0.2) is 60.8 Å². The lowest BCUT2D eigenvalue weighted by Gasteiger charge is -2.13. The van der Waals surface area contributed by atoms with Gasteiger partial charge in [-0.05, 0) is 68.3 Å². The van der Waals surface area contributed by atoms with Gasteiger partial charge in [-0.15, -0.1) is 0 Å². The van der Waals surface area contributed by atoms with E-state index in [0.717, 1.165) is 28.3 Å². The molecule has 3 aromatic rings. The summed E-state index contributed by atoms with van der Waals surface area (Å²) >= 11 is 0. The van der Waals surface area contributed by atoms with Gasteiger partial charge in [0.1, 0.15) is 17.1 Å². The number of carbonyl (C=O) groups excluding carboxylic acids is 2. The van der Waals surface area contributed by atoms with E-state index in [4.69, 9.17) is 9.47 Å². The fourth-order valence-corrected chi connectivity index (χ4v) is 3.00. The summed E-state index contributed by atoms with van der Waals surface area (Å²) in [6.07, 6.45) is 1.57. The van der Waals surface area contributed by atoms with Gasteiger partial charge in [-0.3, -0.25) is 4.79 Å². The minimum atomic E-state index is -0.641. The Morgan fingerprint density at radius 1 is 0.968 bits per heavy atom. The summed E-state index contributed by atoms with van der Waals surface area (Å²) in [5.74, 6) is 0.0456. The minimum Gasteiger partial charge on any atom is -0.494 e. The third-order valence-corrected chi connectivity index (χ3v) is 4.54. The summed E-state index contributed by atoms with van der Waals surface area (Å²) in [7, 11) is 0. The highest BCUT2D eigenvalue weighted by Gasteiger charge is 2.16. The molecule has 7 heteroatoms. The van der Waals surface area contributed by atoms with E-state index in [1.807, 2.05) is 63.2 Å². The number of amides is 1. The van der Waals surface area contributed by atoms with Crippen LogP contribution in [0.25, 0.3) is 0 Å². The average molecular weight is 419 g/mol. The van der Waals surface area contributed by atoms with E-state index in [2.05, 4.69) is 15.6 Å². The largest absolute Gasteiger partial charge is 0.494 e. The molecule has 0 unspecified atom stereocenters. The van der Waals surface area contributed by atoms with Crippen molar-refractivity contribution in [3.8, 4) is 5.75 Å². The van der Waals surface area contributed by atoms with Crippen LogP contribution in [0.1, 0.15) is 28.4 Å². The number of nitrogens with one attached hydrogen (secondary N) is 2. The van der Waals surface area contributed by atoms with E-state index in [1.54, 1.807) is 18.3 Å². The molecule has 0 aliphatic heterocycles. The molecule has 2 aromatic carbocycles. The van der Waals surface area contributed by atoms with Gasteiger partial charge in [0.2, 0.25) is 0 Å². The normalized spacial score (nSPS) is 10.3. The highest BCUT2D eigenvalue weighted by Crippen LogP contribution is 2.22. The first kappa shape index (κ1) is 21.8. The second-order valence-corrected chi connectivity index (χ2v) is 6.87. The first-order chi connectivity index (χ1) is 15.0. The summed E-state index contributed by atoms with van der Waals surface area (Å²) in [6.45, 7) is 5.91. The number of anilines is 3. The van der Waals surface area contributed by atoms with Gasteiger partial charge in [-0.25, -0.2) is 9.78 Å². The number of esters is 1. The van der Waals surface area contributed by atoms with Crippen molar-refractivity contribution >= 4 is 29.1 Å². The molecule has 0 saturated carbocycles. The second kappa shape index (κ2) is 10.2. The lowest BCUT2D eigenvalue weighted by Crippen LogP contribution is -2.22. The maximum absolute atomic E-state index is 12.6. The Labute approximate surface area is 181 Å². The molecular weight excluding hydrogens is 394 g/mol. The smallest absolute Gasteiger partial charge is 0.342 e. The summed E-state index contributed by atoms with van der Waals surface area (Å²) in [6, 6.07) is 16.3. The Morgan fingerprint density at radius 3 is 2.35 bits per heavy atom. The fourth-order valence-electron chi connectivity index (χ4n) is 3.00. The van der Waals surface area contributed by atoms with Crippen molar-refractivity contribution in [3.05, 3.63) is 77.5 Å². The second-order valence-electron chi connectivity index (χ2n) is 6.87. The van der Waals surface area contributed by atoms with E-state index in [9.17, 15) is 9.59 Å². The van der Waals surface area contributed by atoms with Crippen molar-refractivity contribution in [1.29, 1.82) is 0 Å². The number of para-hydroxylation sites is 1. The Kier molecular flexibility index (Phi) is 7.22. The molecule has 1 heterocycles. The van der Waals surface area contributed by atoms with Crippen LogP contribution in [0, 0.1) is 13.8 Å². The Balaban J connectivity index is 1.63. The van der Waals surface area contributed by atoms with E-state index >= 15 is 0 Å². The van der Waals surface area contributed by atoms with Crippen molar-refractivity contribution < 1.29 is 19.1 Å². The maximum atomic E-state index is 12.6. The average Bonchev–Trinajstić information content (AvgIpc) is 2.77. The maximum Gasteiger partial charge on any atom is 0.342 e. The zero-order valence-electron chi connectivity index (χ0n) is 17.8. The standard InChI is InChI=1S/C24H25N3O4/c1-4-30-19-12-10-18(11-13-19)26-23-20(9-6-14-25-23)24(29)31-15-21(28)27-22-16(2)7-5-8-17(22)3/h5-14H,4,15H2,1-3H3,(H,25,26)(H,27,28). The highest BCUT2D eigenvalue weighted by atomic mass is 16.5. The van der Waals surface area contributed by atoms with E-state index in [1.165, 1.54) is 0 Å². The van der Waals surface area contributed by atoms with Gasteiger partial charge in [0.25, 0.3) is 5.91 Å². The first-order valence-electron chi connectivity index (χ1n) is 9.96. The SMILES string of the molecule is CCOc1ccc(Nc2ncccc2C(=O)OCC(=O)Nc2c(C)cccc2C)cc1. The molecule has 31 heavy (non-hydrogen) atoms. The van der Waals surface area contributed by atoms with Gasteiger partial charge >= 0.3 is 5.97 Å². The molecule has 3 rings (SSSR count). The van der Waals surface area contributed by atoms with Gasteiger partial charge in [-0.2, -0.15) is 0 Å². The Hall–Kier alpha value is -3.87. The molecule has 160 valence electrons. The molecule has 1 amide bonds. The molecule has 0 radical (unpaired) electrons. The van der Waals surface area contributed by atoms with Crippen molar-refractivity contribution in [2.45, 2.75) is 20.8 Å². The predicted octanol–water partition coefficient (Wildman–Crippen LogP) is 4.64. The van der Waals surface area contributed by atoms with E-state index < -0.39 is 18.5 Å². The molecule has 2 N–H and O–H groups in total. The zero-order chi connectivity index (χ0) is 22.2. The summed E-state index contributed by atoms with van der Waals surface area (Å²) < 4.78 is 10.6. The number of ether oxygens (including phenoxy) is 2. The topological polar surface area (TPSA) is 89.6 Å². The number of aromatic nitrogens is 1. The van der Waals surface area contributed by atoms with Crippen molar-refractivity contribution in [1.82, 2.24) is 4.98 Å². The Morgan fingerprint density at radius 2 is 1.68 bits per heavy atom. The minimum absolute atomic E-state index is 0.233. The van der Waals surface area contributed by atoms with Crippen molar-refractivity contribution in [2.75, 3.05) is 23.8 Å². The molecule has 0 bridgehead atoms. The third-order valence-electron chi connectivity index (χ3n) is 4.54. The monoisotopic (exact) mass is 419 g/mol. The number of hydrogen-bond acceptors (Lipinski definition) is 6.